The number of anilines is 4. The van der Waals surface area contributed by atoms with Crippen molar-refractivity contribution >= 4 is 34.6 Å². The summed E-state index contributed by atoms with van der Waals surface area (Å²) in [5.74, 6) is 5.46. The van der Waals surface area contributed by atoms with E-state index in [1.165, 1.54) is 52.6 Å². The predicted molar refractivity (Wildman–Crippen MR) is 484 cm³/mol. The average molecular weight is 1690 g/mol. The van der Waals surface area contributed by atoms with Crippen LogP contribution in [0.4, 0.5) is 27.1 Å². The van der Waals surface area contributed by atoms with E-state index in [4.69, 9.17) is 52.1 Å². The van der Waals surface area contributed by atoms with Crippen LogP contribution in [0.25, 0.3) is 0 Å². The molecule has 0 aromatic heterocycles. The van der Waals surface area contributed by atoms with Crippen LogP contribution in [0.1, 0.15) is 109 Å². The molecule has 0 spiro atoms. The van der Waals surface area contributed by atoms with Crippen LogP contribution in [0.3, 0.4) is 0 Å². The van der Waals surface area contributed by atoms with Crippen LogP contribution < -0.4 is 69.3 Å². The fraction of sp³-hybridized carbons (Fsp3) is 0.446. The molecule has 23 heteroatoms. The van der Waals surface area contributed by atoms with Crippen LogP contribution in [0, 0.1) is 5.82 Å². The standard InChI is InChI=1S/C34H41N3O5.C34H43N3O4.C33H40FN3O4/c1-39-20-5-17-36-19-21-40-31-13-8-25(22-30(31)36)24-41-33-23-35-16-14-29(33)26-9-11-28(12-10-26)42-32-15-18-37(34(32)38)27-6-3-2-4-7-27;1-38-18-5-16-37-17-19-39-33-13-8-27(20-32(33)37)25-40-34-21-35-15-14-31(34)28-9-11-29(12-10-28)41-30-23-36(24-30)22-26-6-3-2-4-7-26;1-24(38)36-17-13-26-7-10-27(34)21-32(26)39-19-20-40-33-22-35-16-14-31(33)25-8-11-29(12-9-25)41-30-15-18-37(23-30)28-5-3-2-4-6-28/h2-4,6-13,22,29,32-33,35H,5,14-21,23-24H2,1H3;2-4,6-13,20,30-31,34-35H,5,14-19,21-25H2,1H3;2-12,21,30-31,33,35H,13-20,22-23H2,1H3,(H,36,38)/t29-,32+,33+;31-,34+;30?,31-,33+/m111/s1. The van der Waals surface area contributed by atoms with E-state index in [1.54, 1.807) is 20.3 Å². The molecule has 124 heavy (non-hydrogen) atoms. The Hall–Kier alpha value is -10.3. The molecular weight excluding hydrogens is 1570 g/mol. The van der Waals surface area contributed by atoms with Crippen molar-refractivity contribution in [1.82, 2.24) is 26.2 Å². The largest absolute Gasteiger partial charge is 0.491 e. The SMILES string of the molecule is CC(=O)NCCc1ccc(F)cc1OCCO[C@H]1CNCC[C@@H]1c1ccc(OC2CCN(c3ccccc3)C2)cc1.COCCCN1CCOc2ccc(CO[C@H]3CNCC[C@@H]3c3ccc(OC4CN(Cc5ccccc5)C4)cc3)cc21.COCCCN1CCOc2ccc(CO[C@H]3CNCC[C@@H]3c3ccc(O[C@H]4CCN(c5ccccc5)C4=O)cc3)cc21. The third-order valence-electron chi connectivity index (χ3n) is 24.7. The summed E-state index contributed by atoms with van der Waals surface area (Å²) < 4.78 is 80.2. The average Bonchev–Trinajstić information content (AvgIpc) is 0.828. The van der Waals surface area contributed by atoms with Gasteiger partial charge in [-0.25, -0.2) is 4.39 Å². The number of methoxy groups -OCH3 is 2. The molecule has 17 rings (SSSR count). The molecule has 0 aliphatic carbocycles. The van der Waals surface area contributed by atoms with Crippen molar-refractivity contribution in [2.24, 2.45) is 0 Å². The van der Waals surface area contributed by atoms with Crippen molar-refractivity contribution in [3.63, 3.8) is 0 Å². The van der Waals surface area contributed by atoms with Crippen molar-refractivity contribution in [3.8, 4) is 34.5 Å². The first-order chi connectivity index (χ1) is 61.0. The number of hydrogen-bond acceptors (Lipinski definition) is 20. The third-order valence-corrected chi connectivity index (χ3v) is 24.7. The molecule has 8 aliphatic rings. The van der Waals surface area contributed by atoms with Crippen molar-refractivity contribution < 1.29 is 66.1 Å². The first kappa shape index (κ1) is 88.5. The molecule has 2 amide bonds. The van der Waals surface area contributed by atoms with Gasteiger partial charge in [0.15, 0.2) is 6.10 Å². The first-order valence-corrected chi connectivity index (χ1v) is 44.8. The maximum absolute atomic E-state index is 13.9. The minimum atomic E-state index is -0.455. The Kier molecular flexibility index (Phi) is 32.5. The Morgan fingerprint density at radius 1 is 0.492 bits per heavy atom. The van der Waals surface area contributed by atoms with E-state index in [0.29, 0.717) is 70.6 Å². The highest BCUT2D eigenvalue weighted by Gasteiger charge is 2.37. The predicted octanol–water partition coefficient (Wildman–Crippen LogP) is 14.3. The number of nitrogens with one attached hydrogen (secondary N) is 4. The zero-order valence-electron chi connectivity index (χ0n) is 72.2. The van der Waals surface area contributed by atoms with E-state index < -0.39 is 6.10 Å². The second kappa shape index (κ2) is 45.5. The maximum Gasteiger partial charge on any atom is 0.268 e. The zero-order chi connectivity index (χ0) is 85.0. The number of ether oxygens (including phenoxy) is 11. The fourth-order valence-corrected chi connectivity index (χ4v) is 18.1. The lowest BCUT2D eigenvalue weighted by atomic mass is 9.87. The van der Waals surface area contributed by atoms with E-state index in [2.05, 4.69) is 193 Å². The fourth-order valence-electron chi connectivity index (χ4n) is 18.1. The highest BCUT2D eigenvalue weighted by atomic mass is 19.1. The summed E-state index contributed by atoms with van der Waals surface area (Å²) in [4.78, 5) is 35.6. The number of nitrogens with zero attached hydrogens (tertiary/aromatic N) is 5. The van der Waals surface area contributed by atoms with E-state index in [0.717, 1.165) is 213 Å². The molecule has 0 saturated carbocycles. The highest BCUT2D eigenvalue weighted by Crippen LogP contribution is 2.39. The summed E-state index contributed by atoms with van der Waals surface area (Å²) in [5.41, 5.74) is 12.8. The van der Waals surface area contributed by atoms with Gasteiger partial charge < -0.3 is 93.0 Å². The Labute approximate surface area is 731 Å². The molecule has 4 N–H and O–H groups in total. The van der Waals surface area contributed by atoms with Crippen LogP contribution in [0.5, 0.6) is 34.5 Å². The summed E-state index contributed by atoms with van der Waals surface area (Å²) in [6, 6.07) is 73.7. The van der Waals surface area contributed by atoms with Crippen LogP contribution in [0.15, 0.2) is 218 Å². The molecule has 1 unspecified atom stereocenters. The number of para-hydroxylation sites is 2. The van der Waals surface area contributed by atoms with E-state index in [1.807, 2.05) is 53.4 Å². The lowest BCUT2D eigenvalue weighted by Gasteiger charge is -2.39. The summed E-state index contributed by atoms with van der Waals surface area (Å²) in [6.45, 7) is 21.3. The molecule has 8 atom stereocenters. The van der Waals surface area contributed by atoms with Crippen LogP contribution in [-0.4, -0.2) is 212 Å². The molecule has 8 aliphatic heterocycles. The second-order valence-electron chi connectivity index (χ2n) is 33.4. The van der Waals surface area contributed by atoms with Gasteiger partial charge in [-0.15, -0.1) is 0 Å². The van der Waals surface area contributed by atoms with Crippen LogP contribution in [0.2, 0.25) is 0 Å². The van der Waals surface area contributed by atoms with E-state index >= 15 is 0 Å². The van der Waals surface area contributed by atoms with Crippen molar-refractivity contribution in [1.29, 1.82) is 0 Å². The molecule has 0 bridgehead atoms. The first-order valence-electron chi connectivity index (χ1n) is 44.8. The van der Waals surface area contributed by atoms with Gasteiger partial charge in [-0.2, -0.15) is 0 Å². The third kappa shape index (κ3) is 24.8. The normalized spacial score (nSPS) is 21.3. The molecule has 0 radical (unpaired) electrons. The minimum Gasteiger partial charge on any atom is -0.491 e. The lowest BCUT2D eigenvalue weighted by Crippen LogP contribution is -2.53. The summed E-state index contributed by atoms with van der Waals surface area (Å²) in [7, 11) is 3.50. The van der Waals surface area contributed by atoms with Gasteiger partial charge in [0.25, 0.3) is 5.91 Å². The van der Waals surface area contributed by atoms with Gasteiger partial charge in [0.2, 0.25) is 5.91 Å². The minimum absolute atomic E-state index is 0.0140. The smallest absolute Gasteiger partial charge is 0.268 e. The zero-order valence-corrected chi connectivity index (χ0v) is 72.2. The Morgan fingerprint density at radius 2 is 1.00 bits per heavy atom. The van der Waals surface area contributed by atoms with Crippen LogP contribution in [-0.2, 0) is 59.5 Å². The van der Waals surface area contributed by atoms with Crippen molar-refractivity contribution in [2.75, 3.05) is 178 Å². The highest BCUT2D eigenvalue weighted by molar-refractivity contribution is 5.99. The van der Waals surface area contributed by atoms with Crippen LogP contribution >= 0.6 is 0 Å². The van der Waals surface area contributed by atoms with Gasteiger partial charge in [0.1, 0.15) is 72.3 Å². The number of carbonyl (C=O) groups is 2. The summed E-state index contributed by atoms with van der Waals surface area (Å²) in [5, 5.41) is 13.2. The van der Waals surface area contributed by atoms with Gasteiger partial charge in [-0.3, -0.25) is 14.5 Å². The molecule has 6 fully saturated rings. The molecular formula is C101H124FN9O13. The van der Waals surface area contributed by atoms with Gasteiger partial charge in [-0.1, -0.05) is 121 Å². The lowest BCUT2D eigenvalue weighted by molar-refractivity contribution is -0.123. The van der Waals surface area contributed by atoms with E-state index in [-0.39, 0.29) is 60.0 Å². The van der Waals surface area contributed by atoms with Crippen molar-refractivity contribution in [3.05, 3.63) is 263 Å². The molecule has 658 valence electrons. The number of carbonyl (C=O) groups excluding carboxylic acids is 2. The Morgan fingerprint density at radius 3 is 1.53 bits per heavy atom. The van der Waals surface area contributed by atoms with Gasteiger partial charge in [-0.05, 0) is 188 Å². The topological polar surface area (TPSA) is 200 Å². The molecule has 9 aromatic carbocycles. The summed E-state index contributed by atoms with van der Waals surface area (Å²) >= 11 is 0. The molecule has 6 saturated heterocycles. The van der Waals surface area contributed by atoms with Gasteiger partial charge in [0, 0.05) is 154 Å². The monoisotopic (exact) mass is 1690 g/mol. The molecule has 22 nitrogen and oxygen atoms in total. The van der Waals surface area contributed by atoms with Gasteiger partial charge >= 0.3 is 0 Å². The number of piperidine rings is 3. The molecule has 8 heterocycles. The number of benzene rings is 9. The number of rotatable bonds is 35. The second-order valence-corrected chi connectivity index (χ2v) is 33.4. The molecule has 9 aromatic rings. The van der Waals surface area contributed by atoms with Crippen molar-refractivity contribution in [2.45, 2.75) is 132 Å². The summed E-state index contributed by atoms with van der Waals surface area (Å²) in [6.07, 6.45) is 7.48. The number of likely N-dealkylation sites (tertiary alicyclic amines) is 1. The number of fused-ring (bicyclic) bond motifs is 2. The maximum atomic E-state index is 13.9. The number of halogens is 1. The van der Waals surface area contributed by atoms with Gasteiger partial charge in [0.05, 0.1) is 69.1 Å². The van der Waals surface area contributed by atoms with E-state index in [9.17, 15) is 14.0 Å². The number of hydrogen-bond donors (Lipinski definition) is 4. The number of amides is 2. The Balaban J connectivity index is 0.000000144. The quantitative estimate of drug-likeness (QED) is 0.0273. The Bertz CT molecular complexity index is 4750.